The Morgan fingerprint density at radius 3 is 2.48 bits per heavy atom. The van der Waals surface area contributed by atoms with Crippen LogP contribution in [-0.4, -0.2) is 28.1 Å². The number of nitrogens with one attached hydrogen (secondary N) is 1. The van der Waals surface area contributed by atoms with Crippen molar-refractivity contribution in [2.75, 3.05) is 18.4 Å². The molecule has 0 aliphatic rings. The second-order valence-corrected chi connectivity index (χ2v) is 8.04. The molecule has 27 heavy (non-hydrogen) atoms. The number of hydrogen-bond donors (Lipinski definition) is 1. The Balaban J connectivity index is 2.41. The van der Waals surface area contributed by atoms with Crippen molar-refractivity contribution < 1.29 is 22.7 Å². The van der Waals surface area contributed by atoms with Gasteiger partial charge in [-0.2, -0.15) is 0 Å². The predicted molar refractivity (Wildman–Crippen MR) is 105 cm³/mol. The van der Waals surface area contributed by atoms with E-state index in [9.17, 15) is 13.2 Å². The molecule has 0 aromatic heterocycles. The van der Waals surface area contributed by atoms with Gasteiger partial charge in [0.1, 0.15) is 5.75 Å². The Kier molecular flexibility index (Phi) is 6.49. The Morgan fingerprint density at radius 1 is 1.19 bits per heavy atom. The van der Waals surface area contributed by atoms with E-state index in [1.165, 1.54) is 6.07 Å². The van der Waals surface area contributed by atoms with Crippen molar-refractivity contribution in [2.24, 2.45) is 0 Å². The number of carbonyl (C=O) groups is 1. The molecule has 0 fully saturated rings. The van der Waals surface area contributed by atoms with Crippen LogP contribution in [0, 0.1) is 6.92 Å². The molecule has 0 heterocycles. The largest absolute Gasteiger partial charge is 0.496 e. The van der Waals surface area contributed by atoms with Gasteiger partial charge in [-0.1, -0.05) is 19.9 Å². The van der Waals surface area contributed by atoms with E-state index >= 15 is 0 Å². The first-order valence-electron chi connectivity index (χ1n) is 8.68. The van der Waals surface area contributed by atoms with Crippen molar-refractivity contribution in [1.82, 2.24) is 0 Å². The molecule has 146 valence electrons. The summed E-state index contributed by atoms with van der Waals surface area (Å²) < 4.78 is 38.6. The van der Waals surface area contributed by atoms with E-state index in [0.29, 0.717) is 22.6 Å². The van der Waals surface area contributed by atoms with Crippen LogP contribution in [0.3, 0.4) is 0 Å². The highest BCUT2D eigenvalue weighted by Crippen LogP contribution is 2.30. The Bertz CT molecular complexity index is 935. The van der Waals surface area contributed by atoms with Gasteiger partial charge >= 0.3 is 5.97 Å². The molecule has 0 spiro atoms. The van der Waals surface area contributed by atoms with Gasteiger partial charge in [0, 0.05) is 0 Å². The number of rotatable bonds is 7. The summed E-state index contributed by atoms with van der Waals surface area (Å²) in [5.74, 6) is 0.260. The minimum atomic E-state index is -3.83. The lowest BCUT2D eigenvalue weighted by atomic mass is 10.0. The number of esters is 1. The summed E-state index contributed by atoms with van der Waals surface area (Å²) in [6, 6.07) is 9.59. The number of hydrogen-bond acceptors (Lipinski definition) is 5. The molecular formula is C20H25NO5S. The zero-order chi connectivity index (χ0) is 20.2. The maximum Gasteiger partial charge on any atom is 0.338 e. The van der Waals surface area contributed by atoms with Gasteiger partial charge < -0.3 is 9.47 Å². The van der Waals surface area contributed by atoms with Crippen LogP contribution in [0.2, 0.25) is 0 Å². The van der Waals surface area contributed by atoms with Gasteiger partial charge in [-0.25, -0.2) is 13.2 Å². The van der Waals surface area contributed by atoms with E-state index in [1.54, 1.807) is 51.3 Å². The third-order valence-electron chi connectivity index (χ3n) is 4.21. The lowest BCUT2D eigenvalue weighted by Crippen LogP contribution is -2.16. The normalized spacial score (nSPS) is 11.3. The third kappa shape index (κ3) is 4.60. The molecule has 0 aliphatic carbocycles. The zero-order valence-corrected chi connectivity index (χ0v) is 17.0. The topological polar surface area (TPSA) is 81.7 Å². The Labute approximate surface area is 160 Å². The Morgan fingerprint density at radius 2 is 1.89 bits per heavy atom. The van der Waals surface area contributed by atoms with Crippen molar-refractivity contribution in [3.8, 4) is 5.75 Å². The zero-order valence-electron chi connectivity index (χ0n) is 16.2. The minimum absolute atomic E-state index is 0.101. The first kappa shape index (κ1) is 20.8. The summed E-state index contributed by atoms with van der Waals surface area (Å²) in [6.07, 6.45) is 0. The van der Waals surface area contributed by atoms with Crippen LogP contribution in [0.5, 0.6) is 5.75 Å². The summed E-state index contributed by atoms with van der Waals surface area (Å²) >= 11 is 0. The van der Waals surface area contributed by atoms with Crippen LogP contribution in [0.25, 0.3) is 0 Å². The van der Waals surface area contributed by atoms with Crippen molar-refractivity contribution in [1.29, 1.82) is 0 Å². The van der Waals surface area contributed by atoms with Crippen LogP contribution in [0.1, 0.15) is 48.2 Å². The average molecular weight is 391 g/mol. The van der Waals surface area contributed by atoms with E-state index in [1.807, 2.05) is 13.8 Å². The fourth-order valence-electron chi connectivity index (χ4n) is 2.71. The van der Waals surface area contributed by atoms with Crippen LogP contribution < -0.4 is 9.46 Å². The van der Waals surface area contributed by atoms with Gasteiger partial charge in [-0.15, -0.1) is 0 Å². The van der Waals surface area contributed by atoms with E-state index in [2.05, 4.69) is 4.72 Å². The lowest BCUT2D eigenvalue weighted by Gasteiger charge is -2.16. The summed E-state index contributed by atoms with van der Waals surface area (Å²) in [6.45, 7) is 7.58. The third-order valence-corrected chi connectivity index (χ3v) is 5.57. The van der Waals surface area contributed by atoms with Gasteiger partial charge in [-0.3, -0.25) is 4.72 Å². The molecule has 0 saturated carbocycles. The monoisotopic (exact) mass is 391 g/mol. The predicted octanol–water partition coefficient (Wildman–Crippen LogP) is 4.10. The molecule has 0 bridgehead atoms. The van der Waals surface area contributed by atoms with Gasteiger partial charge in [0.2, 0.25) is 0 Å². The van der Waals surface area contributed by atoms with Gasteiger partial charge in [0.15, 0.2) is 0 Å². The van der Waals surface area contributed by atoms with Crippen LogP contribution in [0.15, 0.2) is 41.3 Å². The van der Waals surface area contributed by atoms with E-state index < -0.39 is 16.0 Å². The summed E-state index contributed by atoms with van der Waals surface area (Å²) in [7, 11) is -2.28. The number of sulfonamides is 1. The van der Waals surface area contributed by atoms with E-state index in [-0.39, 0.29) is 17.4 Å². The number of methoxy groups -OCH3 is 1. The smallest absolute Gasteiger partial charge is 0.338 e. The average Bonchev–Trinajstić information content (AvgIpc) is 2.62. The summed E-state index contributed by atoms with van der Waals surface area (Å²) in [4.78, 5) is 12.2. The Hall–Kier alpha value is -2.54. The molecule has 7 heteroatoms. The van der Waals surface area contributed by atoms with Crippen LogP contribution >= 0.6 is 0 Å². The number of ether oxygens (including phenoxy) is 2. The molecule has 0 atom stereocenters. The van der Waals surface area contributed by atoms with Gasteiger partial charge in [0.05, 0.1) is 29.9 Å². The lowest BCUT2D eigenvalue weighted by molar-refractivity contribution is 0.0525. The molecule has 0 unspecified atom stereocenters. The minimum Gasteiger partial charge on any atom is -0.496 e. The molecule has 0 aliphatic heterocycles. The van der Waals surface area contributed by atoms with Crippen molar-refractivity contribution >= 4 is 21.7 Å². The second kappa shape index (κ2) is 8.43. The first-order chi connectivity index (χ1) is 12.7. The highest BCUT2D eigenvalue weighted by Gasteiger charge is 2.20. The number of carbonyl (C=O) groups excluding carboxylic acids is 1. The molecule has 0 radical (unpaired) electrons. The van der Waals surface area contributed by atoms with Gasteiger partial charge in [0.25, 0.3) is 10.0 Å². The quantitative estimate of drug-likeness (QED) is 0.719. The molecule has 1 N–H and O–H groups in total. The van der Waals surface area contributed by atoms with Gasteiger partial charge in [-0.05, 0) is 61.2 Å². The molecule has 6 nitrogen and oxygen atoms in total. The fraction of sp³-hybridized carbons (Fsp3) is 0.350. The van der Waals surface area contributed by atoms with Crippen LogP contribution in [-0.2, 0) is 14.8 Å². The first-order valence-corrected chi connectivity index (χ1v) is 10.2. The standard InChI is InChI=1S/C20H25NO5S/c1-6-26-20(22)16-8-7-9-18(14(16)4)21-27(23,24)15-10-11-19(25-5)17(12-15)13(2)3/h7-13,21H,6H2,1-5H3. The highest BCUT2D eigenvalue weighted by molar-refractivity contribution is 7.92. The number of benzene rings is 2. The fourth-order valence-corrected chi connectivity index (χ4v) is 3.87. The maximum atomic E-state index is 12.9. The highest BCUT2D eigenvalue weighted by atomic mass is 32.2. The SMILES string of the molecule is CCOC(=O)c1cccc(NS(=O)(=O)c2ccc(OC)c(C(C)C)c2)c1C. The molecule has 2 rings (SSSR count). The molecule has 2 aromatic carbocycles. The van der Waals surface area contributed by atoms with E-state index in [4.69, 9.17) is 9.47 Å². The summed E-state index contributed by atoms with van der Waals surface area (Å²) in [5.41, 5.74) is 1.98. The van der Waals surface area contributed by atoms with Crippen molar-refractivity contribution in [3.63, 3.8) is 0 Å². The van der Waals surface area contributed by atoms with Crippen molar-refractivity contribution in [2.45, 2.75) is 38.5 Å². The molecular weight excluding hydrogens is 366 g/mol. The maximum absolute atomic E-state index is 12.9. The number of anilines is 1. The molecule has 0 amide bonds. The molecule has 2 aromatic rings. The van der Waals surface area contributed by atoms with Crippen LogP contribution in [0.4, 0.5) is 5.69 Å². The molecule has 0 saturated heterocycles. The second-order valence-electron chi connectivity index (χ2n) is 6.36. The summed E-state index contributed by atoms with van der Waals surface area (Å²) in [5, 5.41) is 0. The van der Waals surface area contributed by atoms with Crippen molar-refractivity contribution in [3.05, 3.63) is 53.1 Å². The van der Waals surface area contributed by atoms with E-state index in [0.717, 1.165) is 5.56 Å².